The molecule has 1 N–H and O–H groups in total. The molecule has 1 spiro atoms. The molecule has 1 heterocycles. The van der Waals surface area contributed by atoms with E-state index in [1.165, 1.54) is 24.6 Å². The predicted molar refractivity (Wildman–Crippen MR) is 83.2 cm³/mol. The van der Waals surface area contributed by atoms with Crippen LogP contribution in [0.1, 0.15) is 25.7 Å². The molecule has 3 nitrogen and oxygen atoms in total. The Bertz CT molecular complexity index is 690. The van der Waals surface area contributed by atoms with Crippen LogP contribution in [0.5, 0.6) is 0 Å². The second-order valence-corrected chi connectivity index (χ2v) is 6.41. The lowest BCUT2D eigenvalue weighted by Gasteiger charge is -2.36. The van der Waals surface area contributed by atoms with Crippen molar-refractivity contribution < 1.29 is 9.53 Å². The molecule has 108 valence electrons. The number of carbonyl (C=O) groups excluding carboxylic acids is 1. The summed E-state index contributed by atoms with van der Waals surface area (Å²) < 4.78 is 5.72. The number of anilines is 1. The van der Waals surface area contributed by atoms with Gasteiger partial charge in [0.05, 0.1) is 6.61 Å². The van der Waals surface area contributed by atoms with E-state index < -0.39 is 0 Å². The van der Waals surface area contributed by atoms with Gasteiger partial charge in [0.2, 0.25) is 0 Å². The average molecular weight is 281 g/mol. The number of rotatable bonds is 2. The van der Waals surface area contributed by atoms with Crippen molar-refractivity contribution >= 4 is 22.4 Å². The standard InChI is InChI=1S/C18H19NO2/c20-17(16-11-18(12-21-16)8-3-9-18)19-15-7-6-13-4-1-2-5-14(13)10-15/h1-2,4-7,10,16H,3,8-9,11-12H2,(H,19,20). The van der Waals surface area contributed by atoms with Gasteiger partial charge in [0, 0.05) is 5.69 Å². The summed E-state index contributed by atoms with van der Waals surface area (Å²) in [5, 5.41) is 5.32. The molecule has 2 aromatic rings. The fourth-order valence-corrected chi connectivity index (χ4v) is 3.47. The van der Waals surface area contributed by atoms with Crippen molar-refractivity contribution in [3.63, 3.8) is 0 Å². The maximum atomic E-state index is 12.3. The van der Waals surface area contributed by atoms with E-state index in [-0.39, 0.29) is 12.0 Å². The third-order valence-electron chi connectivity index (χ3n) is 4.93. The largest absolute Gasteiger partial charge is 0.368 e. The van der Waals surface area contributed by atoms with Crippen molar-refractivity contribution in [3.8, 4) is 0 Å². The maximum Gasteiger partial charge on any atom is 0.253 e. The van der Waals surface area contributed by atoms with E-state index in [0.29, 0.717) is 5.41 Å². The fourth-order valence-electron chi connectivity index (χ4n) is 3.47. The molecule has 1 saturated carbocycles. The van der Waals surface area contributed by atoms with E-state index in [2.05, 4.69) is 17.4 Å². The van der Waals surface area contributed by atoms with Crippen LogP contribution in [0.2, 0.25) is 0 Å². The molecule has 1 unspecified atom stereocenters. The molecule has 1 aliphatic heterocycles. The molecule has 4 rings (SSSR count). The van der Waals surface area contributed by atoms with Gasteiger partial charge in [-0.1, -0.05) is 36.8 Å². The Labute approximate surface area is 124 Å². The highest BCUT2D eigenvalue weighted by atomic mass is 16.5. The number of hydrogen-bond donors (Lipinski definition) is 1. The van der Waals surface area contributed by atoms with Crippen LogP contribution in [0.15, 0.2) is 42.5 Å². The summed E-state index contributed by atoms with van der Waals surface area (Å²) in [7, 11) is 0. The Morgan fingerprint density at radius 3 is 2.67 bits per heavy atom. The Morgan fingerprint density at radius 1 is 1.14 bits per heavy atom. The number of hydrogen-bond acceptors (Lipinski definition) is 2. The minimum Gasteiger partial charge on any atom is -0.368 e. The lowest BCUT2D eigenvalue weighted by atomic mass is 9.67. The minimum absolute atomic E-state index is 0.00550. The van der Waals surface area contributed by atoms with E-state index in [9.17, 15) is 4.79 Å². The van der Waals surface area contributed by atoms with E-state index in [4.69, 9.17) is 4.74 Å². The van der Waals surface area contributed by atoms with Crippen LogP contribution < -0.4 is 5.32 Å². The third kappa shape index (κ3) is 2.32. The highest BCUT2D eigenvalue weighted by Gasteiger charge is 2.46. The Kier molecular flexibility index (Phi) is 2.96. The summed E-state index contributed by atoms with van der Waals surface area (Å²) in [5.74, 6) is -0.00550. The SMILES string of the molecule is O=C(Nc1ccc2ccccc2c1)C1CC2(CCC2)CO1. The highest BCUT2D eigenvalue weighted by molar-refractivity contribution is 5.96. The molecule has 3 heteroatoms. The maximum absolute atomic E-state index is 12.3. The first-order valence-corrected chi connectivity index (χ1v) is 7.66. The summed E-state index contributed by atoms with van der Waals surface area (Å²) >= 11 is 0. The van der Waals surface area contributed by atoms with Crippen molar-refractivity contribution in [1.82, 2.24) is 0 Å². The first-order valence-electron chi connectivity index (χ1n) is 7.66. The zero-order valence-electron chi connectivity index (χ0n) is 12.0. The van der Waals surface area contributed by atoms with Gasteiger partial charge < -0.3 is 10.1 Å². The fraction of sp³-hybridized carbons (Fsp3) is 0.389. The molecule has 0 aromatic heterocycles. The molecule has 1 amide bonds. The Morgan fingerprint density at radius 2 is 1.95 bits per heavy atom. The highest BCUT2D eigenvalue weighted by Crippen LogP contribution is 2.49. The number of benzene rings is 2. The molecular formula is C18H19NO2. The van der Waals surface area contributed by atoms with Gasteiger partial charge in [0.15, 0.2) is 0 Å². The van der Waals surface area contributed by atoms with Crippen LogP contribution in [0, 0.1) is 5.41 Å². The smallest absolute Gasteiger partial charge is 0.253 e. The first-order chi connectivity index (χ1) is 10.2. The van der Waals surface area contributed by atoms with Crippen LogP contribution in [-0.2, 0) is 9.53 Å². The van der Waals surface area contributed by atoms with Gasteiger partial charge in [-0.25, -0.2) is 0 Å². The molecule has 1 atom stereocenters. The topological polar surface area (TPSA) is 38.3 Å². The molecule has 2 aromatic carbocycles. The summed E-state index contributed by atoms with van der Waals surface area (Å²) in [6, 6.07) is 14.2. The zero-order valence-corrected chi connectivity index (χ0v) is 12.0. The summed E-state index contributed by atoms with van der Waals surface area (Å²) in [4.78, 5) is 12.3. The lowest BCUT2D eigenvalue weighted by Crippen LogP contribution is -2.32. The first kappa shape index (κ1) is 12.8. The molecule has 1 aliphatic carbocycles. The normalized spacial score (nSPS) is 23.1. The van der Waals surface area contributed by atoms with Gasteiger partial charge in [-0.15, -0.1) is 0 Å². The predicted octanol–water partition coefficient (Wildman–Crippen LogP) is 3.74. The van der Waals surface area contributed by atoms with E-state index in [0.717, 1.165) is 24.1 Å². The summed E-state index contributed by atoms with van der Waals surface area (Å²) in [5.41, 5.74) is 1.16. The van der Waals surface area contributed by atoms with Crippen molar-refractivity contribution in [2.45, 2.75) is 31.8 Å². The van der Waals surface area contributed by atoms with Gasteiger partial charge in [-0.2, -0.15) is 0 Å². The zero-order chi connectivity index (χ0) is 14.3. The van der Waals surface area contributed by atoms with Crippen LogP contribution in [0.3, 0.4) is 0 Å². The van der Waals surface area contributed by atoms with Crippen LogP contribution >= 0.6 is 0 Å². The number of carbonyl (C=O) groups is 1. The second kappa shape index (κ2) is 4.85. The van der Waals surface area contributed by atoms with Crippen molar-refractivity contribution in [2.24, 2.45) is 5.41 Å². The van der Waals surface area contributed by atoms with Crippen molar-refractivity contribution in [2.75, 3.05) is 11.9 Å². The Balaban J connectivity index is 1.48. The minimum atomic E-state index is -0.281. The molecule has 1 saturated heterocycles. The lowest BCUT2D eigenvalue weighted by molar-refractivity contribution is -0.124. The Hall–Kier alpha value is -1.87. The van der Waals surface area contributed by atoms with Gasteiger partial charge in [0.25, 0.3) is 5.91 Å². The van der Waals surface area contributed by atoms with Crippen molar-refractivity contribution in [3.05, 3.63) is 42.5 Å². The van der Waals surface area contributed by atoms with E-state index >= 15 is 0 Å². The van der Waals surface area contributed by atoms with E-state index in [1.807, 2.05) is 30.3 Å². The molecular weight excluding hydrogens is 262 g/mol. The summed E-state index contributed by atoms with van der Waals surface area (Å²) in [6.45, 7) is 0.753. The molecule has 2 aliphatic rings. The van der Waals surface area contributed by atoms with E-state index in [1.54, 1.807) is 0 Å². The number of nitrogens with one attached hydrogen (secondary N) is 1. The molecule has 2 fully saturated rings. The second-order valence-electron chi connectivity index (χ2n) is 6.41. The molecule has 21 heavy (non-hydrogen) atoms. The molecule has 0 bridgehead atoms. The van der Waals surface area contributed by atoms with Gasteiger partial charge >= 0.3 is 0 Å². The van der Waals surface area contributed by atoms with Crippen LogP contribution in [0.25, 0.3) is 10.8 Å². The van der Waals surface area contributed by atoms with Gasteiger partial charge in [-0.3, -0.25) is 4.79 Å². The quantitative estimate of drug-likeness (QED) is 0.910. The van der Waals surface area contributed by atoms with Gasteiger partial charge in [-0.05, 0) is 47.6 Å². The number of ether oxygens (including phenoxy) is 1. The van der Waals surface area contributed by atoms with Crippen molar-refractivity contribution in [1.29, 1.82) is 0 Å². The monoisotopic (exact) mass is 281 g/mol. The third-order valence-corrected chi connectivity index (χ3v) is 4.93. The van der Waals surface area contributed by atoms with Crippen LogP contribution in [-0.4, -0.2) is 18.6 Å². The molecule has 0 radical (unpaired) electrons. The van der Waals surface area contributed by atoms with Crippen LogP contribution in [0.4, 0.5) is 5.69 Å². The number of fused-ring (bicyclic) bond motifs is 1. The summed E-state index contributed by atoms with van der Waals surface area (Å²) in [6.07, 6.45) is 4.31. The van der Waals surface area contributed by atoms with Gasteiger partial charge in [0.1, 0.15) is 6.10 Å². The average Bonchev–Trinajstić information content (AvgIpc) is 2.93. The number of amides is 1.